The highest BCUT2D eigenvalue weighted by Crippen LogP contribution is 2.23. The summed E-state index contributed by atoms with van der Waals surface area (Å²) in [6.07, 6.45) is 2.99. The lowest BCUT2D eigenvalue weighted by molar-refractivity contribution is -0.116. The van der Waals surface area contributed by atoms with Gasteiger partial charge in [-0.3, -0.25) is 4.79 Å². The van der Waals surface area contributed by atoms with Crippen LogP contribution in [0.2, 0.25) is 0 Å². The molecule has 0 unspecified atom stereocenters. The molecule has 1 aliphatic heterocycles. The minimum absolute atomic E-state index is 0.165. The van der Waals surface area contributed by atoms with Gasteiger partial charge in [-0.1, -0.05) is 16.8 Å². The number of rotatable bonds is 6. The van der Waals surface area contributed by atoms with Crippen LogP contribution < -0.4 is 5.32 Å². The molecular weight excluding hydrogens is 396 g/mol. The Hall–Kier alpha value is -2.79. The molecule has 10 nitrogen and oxygen atoms in total. The molecule has 0 spiro atoms. The maximum Gasteiger partial charge on any atom is 0.243 e. The van der Waals surface area contributed by atoms with Crippen molar-refractivity contribution in [1.82, 2.24) is 24.5 Å². The van der Waals surface area contributed by atoms with Gasteiger partial charge < -0.3 is 9.84 Å². The minimum Gasteiger partial charge on any atom is -0.360 e. The number of sulfonamides is 1. The quantitative estimate of drug-likeness (QED) is 0.649. The van der Waals surface area contributed by atoms with Crippen molar-refractivity contribution in [3.63, 3.8) is 0 Å². The van der Waals surface area contributed by atoms with E-state index in [1.807, 2.05) is 0 Å². The molecule has 0 aliphatic carbocycles. The molecule has 154 valence electrons. The zero-order chi connectivity index (χ0) is 20.4. The first-order chi connectivity index (χ1) is 13.9. The molecule has 3 heterocycles. The number of hydrogen-bond donors (Lipinski definition) is 1. The second-order valence-electron chi connectivity index (χ2n) is 7.05. The number of amides is 1. The number of carbonyl (C=O) groups excluding carboxylic acids is 1. The lowest BCUT2D eigenvalue weighted by Crippen LogP contribution is -2.35. The van der Waals surface area contributed by atoms with Gasteiger partial charge in [0.2, 0.25) is 15.9 Å². The standard InChI is InChI=1S/C18H22N6O4S/c1-13-11-17(21-28-13)19-18(25)7-10-24-16-6-5-14(12-15(16)20-22-24)29(26,27)23-8-3-2-4-9-23/h5-6,11-12H,2-4,7-10H2,1H3,(H,19,21,25). The summed E-state index contributed by atoms with van der Waals surface area (Å²) in [5, 5.41) is 14.5. The van der Waals surface area contributed by atoms with Crippen molar-refractivity contribution in [2.75, 3.05) is 18.4 Å². The zero-order valence-corrected chi connectivity index (χ0v) is 16.9. The molecule has 2 aromatic heterocycles. The molecule has 0 bridgehead atoms. The smallest absolute Gasteiger partial charge is 0.243 e. The molecule has 1 amide bonds. The fourth-order valence-corrected chi connectivity index (χ4v) is 4.91. The average Bonchev–Trinajstić information content (AvgIpc) is 3.32. The summed E-state index contributed by atoms with van der Waals surface area (Å²) in [7, 11) is -3.53. The molecular formula is C18H22N6O4S. The Morgan fingerprint density at radius 3 is 2.72 bits per heavy atom. The van der Waals surface area contributed by atoms with Crippen molar-refractivity contribution in [3.05, 3.63) is 30.0 Å². The molecule has 4 rings (SSSR count). The highest BCUT2D eigenvalue weighted by Gasteiger charge is 2.26. The van der Waals surface area contributed by atoms with Crippen molar-refractivity contribution in [2.45, 2.75) is 44.0 Å². The SMILES string of the molecule is Cc1cc(NC(=O)CCn2nnc3cc(S(=O)(=O)N4CCCCC4)ccc32)no1. The summed E-state index contributed by atoms with van der Waals surface area (Å²) in [6.45, 7) is 3.14. The normalized spacial score (nSPS) is 15.6. The first-order valence-electron chi connectivity index (χ1n) is 9.50. The van der Waals surface area contributed by atoms with E-state index in [-0.39, 0.29) is 17.2 Å². The molecule has 29 heavy (non-hydrogen) atoms. The third-order valence-corrected chi connectivity index (χ3v) is 6.78. The number of aryl methyl sites for hydroxylation is 2. The number of benzene rings is 1. The van der Waals surface area contributed by atoms with Crippen molar-refractivity contribution < 1.29 is 17.7 Å². The van der Waals surface area contributed by atoms with Gasteiger partial charge in [-0.25, -0.2) is 13.1 Å². The van der Waals surface area contributed by atoms with Crippen LogP contribution in [0.15, 0.2) is 33.7 Å². The maximum absolute atomic E-state index is 12.8. The number of nitrogens with zero attached hydrogens (tertiary/aromatic N) is 5. The topological polar surface area (TPSA) is 123 Å². The number of fused-ring (bicyclic) bond motifs is 1. The van der Waals surface area contributed by atoms with E-state index in [0.29, 0.717) is 42.2 Å². The Bertz CT molecular complexity index is 1130. The van der Waals surface area contributed by atoms with Crippen molar-refractivity contribution in [1.29, 1.82) is 0 Å². The van der Waals surface area contributed by atoms with E-state index in [1.54, 1.807) is 35.9 Å². The van der Waals surface area contributed by atoms with E-state index in [2.05, 4.69) is 20.8 Å². The first kappa shape index (κ1) is 19.5. The predicted octanol–water partition coefficient (Wildman–Crippen LogP) is 1.93. The average molecular weight is 418 g/mol. The summed E-state index contributed by atoms with van der Waals surface area (Å²) in [5.41, 5.74) is 1.16. The zero-order valence-electron chi connectivity index (χ0n) is 16.0. The van der Waals surface area contributed by atoms with Crippen LogP contribution in [-0.4, -0.2) is 51.9 Å². The van der Waals surface area contributed by atoms with E-state index < -0.39 is 10.0 Å². The summed E-state index contributed by atoms with van der Waals surface area (Å²) >= 11 is 0. The van der Waals surface area contributed by atoms with E-state index in [0.717, 1.165) is 19.3 Å². The predicted molar refractivity (Wildman–Crippen MR) is 105 cm³/mol. The van der Waals surface area contributed by atoms with Crippen LogP contribution >= 0.6 is 0 Å². The van der Waals surface area contributed by atoms with E-state index >= 15 is 0 Å². The fraction of sp³-hybridized carbons (Fsp3) is 0.444. The molecule has 3 aromatic rings. The van der Waals surface area contributed by atoms with Crippen molar-refractivity contribution in [2.24, 2.45) is 0 Å². The molecule has 0 radical (unpaired) electrons. The van der Waals surface area contributed by atoms with Crippen LogP contribution in [0, 0.1) is 6.92 Å². The van der Waals surface area contributed by atoms with Crippen LogP contribution in [-0.2, 0) is 21.4 Å². The number of anilines is 1. The Balaban J connectivity index is 1.46. The number of nitrogens with one attached hydrogen (secondary N) is 1. The molecule has 0 atom stereocenters. The summed E-state index contributed by atoms with van der Waals surface area (Å²) in [5.74, 6) is 0.743. The minimum atomic E-state index is -3.53. The van der Waals surface area contributed by atoms with Gasteiger partial charge in [0, 0.05) is 25.6 Å². The van der Waals surface area contributed by atoms with E-state index in [4.69, 9.17) is 4.52 Å². The molecule has 11 heteroatoms. The molecule has 1 aromatic carbocycles. The lowest BCUT2D eigenvalue weighted by Gasteiger charge is -2.25. The van der Waals surface area contributed by atoms with Crippen LogP contribution in [0.5, 0.6) is 0 Å². The molecule has 1 aliphatic rings. The number of carbonyl (C=O) groups is 1. The van der Waals surface area contributed by atoms with E-state index in [1.165, 1.54) is 4.31 Å². The van der Waals surface area contributed by atoms with Crippen molar-refractivity contribution in [3.8, 4) is 0 Å². The maximum atomic E-state index is 12.8. The molecule has 1 fully saturated rings. The summed E-state index contributed by atoms with van der Waals surface area (Å²) < 4.78 is 33.7. The van der Waals surface area contributed by atoms with Crippen LogP contribution in [0.4, 0.5) is 5.82 Å². The van der Waals surface area contributed by atoms with Crippen molar-refractivity contribution >= 4 is 32.8 Å². The number of aromatic nitrogens is 4. The Morgan fingerprint density at radius 1 is 1.21 bits per heavy atom. The van der Waals surface area contributed by atoms with E-state index in [9.17, 15) is 13.2 Å². The molecule has 1 N–H and O–H groups in total. The highest BCUT2D eigenvalue weighted by molar-refractivity contribution is 7.89. The van der Waals surface area contributed by atoms with Gasteiger partial charge in [0.15, 0.2) is 5.82 Å². The van der Waals surface area contributed by atoms with Gasteiger partial charge in [-0.05, 0) is 38.0 Å². The van der Waals surface area contributed by atoms with Gasteiger partial charge in [0.05, 0.1) is 17.0 Å². The van der Waals surface area contributed by atoms with Crippen LogP contribution in [0.1, 0.15) is 31.4 Å². The second-order valence-corrected chi connectivity index (χ2v) is 8.99. The summed E-state index contributed by atoms with van der Waals surface area (Å²) in [4.78, 5) is 12.3. The van der Waals surface area contributed by atoms with Gasteiger partial charge in [0.25, 0.3) is 0 Å². The monoisotopic (exact) mass is 418 g/mol. The Morgan fingerprint density at radius 2 is 2.00 bits per heavy atom. The number of piperidine rings is 1. The lowest BCUT2D eigenvalue weighted by atomic mass is 10.2. The number of hydrogen-bond acceptors (Lipinski definition) is 7. The van der Waals surface area contributed by atoms with Gasteiger partial charge in [-0.15, -0.1) is 5.10 Å². The van der Waals surface area contributed by atoms with Crippen LogP contribution in [0.25, 0.3) is 11.0 Å². The highest BCUT2D eigenvalue weighted by atomic mass is 32.2. The summed E-state index contributed by atoms with van der Waals surface area (Å²) in [6, 6.07) is 6.43. The van der Waals surface area contributed by atoms with Gasteiger partial charge in [0.1, 0.15) is 11.3 Å². The Kier molecular flexibility index (Phi) is 5.33. The first-order valence-corrected chi connectivity index (χ1v) is 10.9. The largest absolute Gasteiger partial charge is 0.360 e. The second kappa shape index (κ2) is 7.91. The fourth-order valence-electron chi connectivity index (χ4n) is 3.37. The third-order valence-electron chi connectivity index (χ3n) is 4.88. The Labute approximate surface area is 167 Å². The molecule has 0 saturated carbocycles. The molecule has 1 saturated heterocycles. The van der Waals surface area contributed by atoms with Crippen LogP contribution in [0.3, 0.4) is 0 Å². The third kappa shape index (κ3) is 4.15. The van der Waals surface area contributed by atoms with Gasteiger partial charge in [-0.2, -0.15) is 4.31 Å². The van der Waals surface area contributed by atoms with Gasteiger partial charge >= 0.3 is 0 Å².